The van der Waals surface area contributed by atoms with Gasteiger partial charge in [0.15, 0.2) is 0 Å². The Bertz CT molecular complexity index is 328. The normalized spacial score (nSPS) is 9.39. The lowest BCUT2D eigenvalue weighted by Gasteiger charge is -2.16. The second kappa shape index (κ2) is 9.95. The van der Waals surface area contributed by atoms with Crippen LogP contribution in [0.15, 0.2) is 18.2 Å². The summed E-state index contributed by atoms with van der Waals surface area (Å²) in [5.41, 5.74) is 3.27. The first kappa shape index (κ1) is 17.0. The van der Waals surface area contributed by atoms with Gasteiger partial charge in [0.1, 0.15) is 0 Å². The summed E-state index contributed by atoms with van der Waals surface area (Å²) >= 11 is 5.38. The van der Waals surface area contributed by atoms with Crippen LogP contribution < -0.4 is 4.90 Å². The quantitative estimate of drug-likeness (QED) is 0.443. The Morgan fingerprint density at radius 1 is 1.22 bits per heavy atom. The molecule has 0 aromatic heterocycles. The van der Waals surface area contributed by atoms with Crippen molar-refractivity contribution in [2.75, 3.05) is 17.8 Å². The van der Waals surface area contributed by atoms with E-state index in [4.69, 9.17) is 11.6 Å². The summed E-state index contributed by atoms with van der Waals surface area (Å²) in [4.78, 5) is 12.1. The number of amides is 1. The van der Waals surface area contributed by atoms with Crippen molar-refractivity contribution in [1.82, 2.24) is 0 Å². The molecule has 18 heavy (non-hydrogen) atoms. The number of halogens is 1. The highest BCUT2D eigenvalue weighted by atomic mass is 35.5. The minimum absolute atomic E-state index is 0.827. The maximum atomic E-state index is 10.5. The number of alkyl halides is 1. The lowest BCUT2D eigenvalue weighted by atomic mass is 10.1. The van der Waals surface area contributed by atoms with Gasteiger partial charge in [-0.3, -0.25) is 4.79 Å². The van der Waals surface area contributed by atoms with Gasteiger partial charge in [0.2, 0.25) is 6.41 Å². The number of hydrogen-bond acceptors (Lipinski definition) is 1. The average molecular weight is 270 g/mol. The molecule has 1 aromatic rings. The molecule has 0 aliphatic rings. The summed E-state index contributed by atoms with van der Waals surface area (Å²) in [6, 6.07) is 6.00. The molecule has 0 saturated carbocycles. The van der Waals surface area contributed by atoms with Gasteiger partial charge in [0, 0.05) is 18.6 Å². The number of benzene rings is 1. The van der Waals surface area contributed by atoms with Gasteiger partial charge in [-0.1, -0.05) is 38.0 Å². The highest BCUT2D eigenvalue weighted by Gasteiger charge is 2.04. The van der Waals surface area contributed by atoms with Gasteiger partial charge < -0.3 is 4.90 Å². The lowest BCUT2D eigenvalue weighted by Crippen LogP contribution is -2.16. The predicted octanol–water partition coefficient (Wildman–Crippen LogP) is 4.31. The highest BCUT2D eigenvalue weighted by molar-refractivity contribution is 6.17. The number of anilines is 1. The van der Waals surface area contributed by atoms with Crippen molar-refractivity contribution in [3.05, 3.63) is 29.3 Å². The van der Waals surface area contributed by atoms with Gasteiger partial charge in [-0.25, -0.2) is 0 Å². The first-order valence-electron chi connectivity index (χ1n) is 6.38. The van der Waals surface area contributed by atoms with Crippen LogP contribution in [-0.4, -0.2) is 19.3 Å². The zero-order valence-electron chi connectivity index (χ0n) is 11.9. The molecule has 0 aliphatic carbocycles. The molecule has 1 amide bonds. The fraction of sp³-hybridized carbons (Fsp3) is 0.533. The van der Waals surface area contributed by atoms with Crippen LogP contribution in [-0.2, 0) is 4.79 Å². The van der Waals surface area contributed by atoms with E-state index in [0.717, 1.165) is 29.1 Å². The molecular weight excluding hydrogens is 246 g/mol. The number of hydrogen-bond donors (Lipinski definition) is 0. The second-order valence-corrected chi connectivity index (χ2v) is 4.73. The van der Waals surface area contributed by atoms with Crippen molar-refractivity contribution < 1.29 is 4.79 Å². The molecule has 0 saturated heterocycles. The standard InChI is InChI=1S/C10H13NO.C5H11Cl/c1-8-5-4-6-9(2)10(8)11(3)7-12;1-2-3-4-5-6/h4-7H,1-3H3;2-5H2,1H3. The smallest absolute Gasteiger partial charge is 0.213 e. The summed E-state index contributed by atoms with van der Waals surface area (Å²) in [6.07, 6.45) is 4.56. The molecule has 0 aliphatic heterocycles. The summed E-state index contributed by atoms with van der Waals surface area (Å²) < 4.78 is 0. The van der Waals surface area contributed by atoms with Crippen LogP contribution >= 0.6 is 11.6 Å². The van der Waals surface area contributed by atoms with Crippen molar-refractivity contribution in [3.63, 3.8) is 0 Å². The van der Waals surface area contributed by atoms with Crippen molar-refractivity contribution in [3.8, 4) is 0 Å². The Balaban J connectivity index is 0.000000411. The SMILES string of the molecule is CCCCCCl.Cc1cccc(C)c1N(C)C=O. The first-order valence-corrected chi connectivity index (χ1v) is 6.92. The molecule has 3 heteroatoms. The van der Waals surface area contributed by atoms with Gasteiger partial charge in [-0.15, -0.1) is 11.6 Å². The van der Waals surface area contributed by atoms with Crippen molar-refractivity contribution in [2.24, 2.45) is 0 Å². The van der Waals surface area contributed by atoms with E-state index < -0.39 is 0 Å². The minimum atomic E-state index is 0.827. The van der Waals surface area contributed by atoms with E-state index in [1.807, 2.05) is 32.0 Å². The van der Waals surface area contributed by atoms with Crippen LogP contribution in [0.2, 0.25) is 0 Å². The topological polar surface area (TPSA) is 20.3 Å². The molecule has 0 N–H and O–H groups in total. The highest BCUT2D eigenvalue weighted by Crippen LogP contribution is 2.21. The molecule has 0 heterocycles. The van der Waals surface area contributed by atoms with Gasteiger partial charge in [-0.2, -0.15) is 0 Å². The summed E-state index contributed by atoms with van der Waals surface area (Å²) in [5, 5.41) is 0. The Morgan fingerprint density at radius 3 is 2.11 bits per heavy atom. The Hall–Kier alpha value is -1.02. The first-order chi connectivity index (χ1) is 8.58. The second-order valence-electron chi connectivity index (χ2n) is 4.35. The van der Waals surface area contributed by atoms with Crippen LogP contribution in [0.1, 0.15) is 37.3 Å². The van der Waals surface area contributed by atoms with E-state index in [-0.39, 0.29) is 0 Å². The number of carbonyl (C=O) groups excluding carboxylic acids is 1. The van der Waals surface area contributed by atoms with Gasteiger partial charge in [0.05, 0.1) is 0 Å². The molecule has 0 spiro atoms. The molecule has 2 nitrogen and oxygen atoms in total. The third-order valence-corrected chi connectivity index (χ3v) is 2.95. The molecular formula is C15H24ClNO. The largest absolute Gasteiger partial charge is 0.318 e. The third-order valence-electron chi connectivity index (χ3n) is 2.69. The van der Waals surface area contributed by atoms with Crippen LogP contribution in [0.5, 0.6) is 0 Å². The van der Waals surface area contributed by atoms with Crippen molar-refractivity contribution in [1.29, 1.82) is 0 Å². The number of unbranched alkanes of at least 4 members (excludes halogenated alkanes) is 2. The van der Waals surface area contributed by atoms with Crippen LogP contribution in [0.3, 0.4) is 0 Å². The minimum Gasteiger partial charge on any atom is -0.318 e. The van der Waals surface area contributed by atoms with Crippen LogP contribution in [0.25, 0.3) is 0 Å². The number of rotatable bonds is 5. The van der Waals surface area contributed by atoms with Gasteiger partial charge >= 0.3 is 0 Å². The number of aryl methyl sites for hydroxylation is 2. The maximum Gasteiger partial charge on any atom is 0.213 e. The molecule has 0 fully saturated rings. The maximum absolute atomic E-state index is 10.5. The van der Waals surface area contributed by atoms with Crippen LogP contribution in [0, 0.1) is 13.8 Å². The monoisotopic (exact) mass is 269 g/mol. The molecule has 1 rings (SSSR count). The fourth-order valence-corrected chi connectivity index (χ4v) is 1.95. The molecule has 102 valence electrons. The molecule has 0 unspecified atom stereocenters. The zero-order chi connectivity index (χ0) is 14.0. The molecule has 0 bridgehead atoms. The lowest BCUT2D eigenvalue weighted by molar-refractivity contribution is -0.107. The third kappa shape index (κ3) is 6.06. The van der Waals surface area contributed by atoms with E-state index in [1.54, 1.807) is 11.9 Å². The molecule has 0 radical (unpaired) electrons. The van der Waals surface area contributed by atoms with E-state index in [0.29, 0.717) is 0 Å². The molecule has 0 atom stereocenters. The zero-order valence-corrected chi connectivity index (χ0v) is 12.6. The number of carbonyl (C=O) groups is 1. The van der Waals surface area contributed by atoms with E-state index in [1.165, 1.54) is 19.3 Å². The Morgan fingerprint density at radius 2 is 1.78 bits per heavy atom. The van der Waals surface area contributed by atoms with Crippen molar-refractivity contribution >= 4 is 23.7 Å². The predicted molar refractivity (Wildman–Crippen MR) is 80.6 cm³/mol. The molecule has 1 aromatic carbocycles. The van der Waals surface area contributed by atoms with E-state index >= 15 is 0 Å². The summed E-state index contributed by atoms with van der Waals surface area (Å²) in [5.74, 6) is 0.827. The van der Waals surface area contributed by atoms with E-state index in [9.17, 15) is 4.79 Å². The number of nitrogens with zero attached hydrogens (tertiary/aromatic N) is 1. The van der Waals surface area contributed by atoms with E-state index in [2.05, 4.69) is 6.92 Å². The van der Waals surface area contributed by atoms with Gasteiger partial charge in [0.25, 0.3) is 0 Å². The average Bonchev–Trinajstić information content (AvgIpc) is 2.36. The van der Waals surface area contributed by atoms with Crippen LogP contribution in [0.4, 0.5) is 5.69 Å². The Labute approximate surface area is 116 Å². The van der Waals surface area contributed by atoms with Gasteiger partial charge in [-0.05, 0) is 31.4 Å². The Kier molecular flexibility index (Phi) is 9.39. The summed E-state index contributed by atoms with van der Waals surface area (Å²) in [6.45, 7) is 6.18. The number of para-hydroxylation sites is 1. The fourth-order valence-electron chi connectivity index (χ4n) is 1.76. The summed E-state index contributed by atoms with van der Waals surface area (Å²) in [7, 11) is 1.77. The van der Waals surface area contributed by atoms with Crippen molar-refractivity contribution in [2.45, 2.75) is 40.0 Å².